The van der Waals surface area contributed by atoms with E-state index in [1.54, 1.807) is 41.5 Å². The van der Waals surface area contributed by atoms with E-state index in [-0.39, 0.29) is 19.6 Å². The molecule has 200 valence electrons. The van der Waals surface area contributed by atoms with Gasteiger partial charge in [-0.3, -0.25) is 4.55 Å². The van der Waals surface area contributed by atoms with Crippen molar-refractivity contribution < 1.29 is 41.1 Å². The molecule has 1 fully saturated rings. The van der Waals surface area contributed by atoms with Crippen LogP contribution in [-0.2, 0) is 37.2 Å². The van der Waals surface area contributed by atoms with E-state index >= 15 is 0 Å². The summed E-state index contributed by atoms with van der Waals surface area (Å²) < 4.78 is 46.4. The number of aliphatic imine (C=N–C) groups is 1. The third-order valence-corrected chi connectivity index (χ3v) is 6.04. The van der Waals surface area contributed by atoms with Crippen LogP contribution in [-0.4, -0.2) is 74.7 Å². The number of hydrogen-bond acceptors (Lipinski definition) is 10. The average molecular weight is 549 g/mol. The largest absolute Gasteiger partial charge is 0.443 e. The molecule has 17 heteroatoms. The smallest absolute Gasteiger partial charge is 0.437 e. The zero-order valence-corrected chi connectivity index (χ0v) is 22.2. The van der Waals surface area contributed by atoms with E-state index in [2.05, 4.69) is 14.3 Å². The van der Waals surface area contributed by atoms with Gasteiger partial charge in [0, 0.05) is 0 Å². The summed E-state index contributed by atoms with van der Waals surface area (Å²) in [6.45, 7) is 9.81. The lowest BCUT2D eigenvalue weighted by Gasteiger charge is -2.26. The minimum atomic E-state index is -4.94. The monoisotopic (exact) mass is 548 g/mol. The number of fused-ring (bicyclic) bond motifs is 4. The quantitative estimate of drug-likeness (QED) is 0.318. The molecule has 3 rings (SSSR count). The summed E-state index contributed by atoms with van der Waals surface area (Å²) in [6.07, 6.45) is -1.90. The topological polar surface area (TPSA) is 194 Å². The lowest BCUT2D eigenvalue weighted by atomic mass is 10.1. The van der Waals surface area contributed by atoms with Gasteiger partial charge in [-0.1, -0.05) is 0 Å². The van der Waals surface area contributed by atoms with Crippen LogP contribution in [0.5, 0.6) is 0 Å². The summed E-state index contributed by atoms with van der Waals surface area (Å²) in [4.78, 5) is 48.2. The molecule has 1 atom stereocenters. The second-order valence-electron chi connectivity index (χ2n) is 9.94. The zero-order valence-electron chi connectivity index (χ0n) is 20.5. The predicted octanol–water partition coefficient (Wildman–Crippen LogP) is 2.16. The van der Waals surface area contributed by atoms with Crippen molar-refractivity contribution >= 4 is 45.9 Å². The van der Waals surface area contributed by atoms with Crippen LogP contribution in [0.15, 0.2) is 4.99 Å². The summed E-state index contributed by atoms with van der Waals surface area (Å²) >= 11 is 1.07. The van der Waals surface area contributed by atoms with Crippen molar-refractivity contribution in [1.29, 1.82) is 0 Å². The third-order valence-electron chi connectivity index (χ3n) is 4.51. The first-order valence-corrected chi connectivity index (χ1v) is 12.8. The van der Waals surface area contributed by atoms with Gasteiger partial charge in [0.2, 0.25) is 5.96 Å². The standard InChI is InChI=1S/C19H28N6O9S2/c1-18(2,3)32-15(26)22-14(20)24(17(28)33-19(4,5)6)9-12-21-10-7-23-8-11(13(10)35-12)25(16(23)27)34-36(29,30)31/h11H,7-9H2,1-6H3,(H2,20,22,26)(H,29,30,31). The van der Waals surface area contributed by atoms with Gasteiger partial charge in [0.1, 0.15) is 22.3 Å². The Balaban J connectivity index is 1.89. The molecule has 3 N–H and O–H groups in total. The number of ether oxygens (including phenoxy) is 2. The van der Waals surface area contributed by atoms with Gasteiger partial charge < -0.3 is 20.1 Å². The van der Waals surface area contributed by atoms with Crippen molar-refractivity contribution in [2.75, 3.05) is 6.54 Å². The van der Waals surface area contributed by atoms with E-state index < -0.39 is 51.8 Å². The molecule has 1 unspecified atom stereocenters. The van der Waals surface area contributed by atoms with Crippen molar-refractivity contribution in [2.24, 2.45) is 10.7 Å². The van der Waals surface area contributed by atoms with Crippen molar-refractivity contribution in [1.82, 2.24) is 19.8 Å². The average Bonchev–Trinajstić information content (AvgIpc) is 3.17. The Labute approximate surface area is 211 Å². The number of hydroxylamine groups is 2. The van der Waals surface area contributed by atoms with E-state index in [0.717, 1.165) is 16.2 Å². The number of amides is 4. The molecule has 0 aromatic carbocycles. The molecule has 1 aromatic rings. The molecule has 2 aliphatic rings. The van der Waals surface area contributed by atoms with Crippen LogP contribution < -0.4 is 5.73 Å². The first kappa shape index (κ1) is 27.6. The van der Waals surface area contributed by atoms with Crippen LogP contribution in [0.2, 0.25) is 0 Å². The fraction of sp³-hybridized carbons (Fsp3) is 0.632. The Hall–Kier alpha value is -3.02. The van der Waals surface area contributed by atoms with Gasteiger partial charge in [-0.15, -0.1) is 20.6 Å². The third kappa shape index (κ3) is 6.80. The maximum atomic E-state index is 12.9. The fourth-order valence-electron chi connectivity index (χ4n) is 3.31. The number of nitrogens with two attached hydrogens (primary N) is 1. The molecule has 1 saturated heterocycles. The van der Waals surface area contributed by atoms with E-state index in [0.29, 0.717) is 20.6 Å². The summed E-state index contributed by atoms with van der Waals surface area (Å²) in [5.41, 5.74) is 4.70. The summed E-state index contributed by atoms with van der Waals surface area (Å²) in [5.74, 6) is -0.483. The van der Waals surface area contributed by atoms with E-state index in [4.69, 9.17) is 19.8 Å². The Morgan fingerprint density at radius 3 is 2.39 bits per heavy atom. The first-order chi connectivity index (χ1) is 16.3. The number of hydrogen-bond donors (Lipinski definition) is 2. The highest BCUT2D eigenvalue weighted by molar-refractivity contribution is 7.80. The highest BCUT2D eigenvalue weighted by atomic mass is 32.3. The van der Waals surface area contributed by atoms with Crippen LogP contribution in [0.25, 0.3) is 0 Å². The normalized spacial score (nSPS) is 18.2. The zero-order chi connectivity index (χ0) is 27.2. The summed E-state index contributed by atoms with van der Waals surface area (Å²) in [5, 5.41) is 0.897. The van der Waals surface area contributed by atoms with Crippen molar-refractivity contribution in [2.45, 2.75) is 71.9 Å². The van der Waals surface area contributed by atoms with Gasteiger partial charge in [0.05, 0.1) is 30.2 Å². The van der Waals surface area contributed by atoms with Gasteiger partial charge >= 0.3 is 28.6 Å². The number of nitrogens with zero attached hydrogens (tertiary/aromatic N) is 5. The first-order valence-electron chi connectivity index (χ1n) is 10.6. The van der Waals surface area contributed by atoms with E-state index in [9.17, 15) is 22.8 Å². The Kier molecular flexibility index (Phi) is 7.24. The van der Waals surface area contributed by atoms with E-state index in [1.807, 2.05) is 0 Å². The molecular weight excluding hydrogens is 520 g/mol. The van der Waals surface area contributed by atoms with E-state index in [1.165, 1.54) is 4.90 Å². The van der Waals surface area contributed by atoms with Gasteiger partial charge in [-0.2, -0.15) is 13.5 Å². The maximum Gasteiger partial charge on any atom is 0.437 e. The van der Waals surface area contributed by atoms with Gasteiger partial charge in [0.25, 0.3) is 0 Å². The van der Waals surface area contributed by atoms with Crippen LogP contribution in [0.1, 0.15) is 63.2 Å². The van der Waals surface area contributed by atoms with Crippen molar-refractivity contribution in [3.05, 3.63) is 15.6 Å². The Morgan fingerprint density at radius 1 is 1.22 bits per heavy atom. The summed E-state index contributed by atoms with van der Waals surface area (Å²) in [7, 11) is -4.94. The Morgan fingerprint density at radius 2 is 1.83 bits per heavy atom. The molecule has 2 aliphatic heterocycles. The van der Waals surface area contributed by atoms with Crippen LogP contribution >= 0.6 is 11.3 Å². The highest BCUT2D eigenvalue weighted by Gasteiger charge is 2.47. The maximum absolute atomic E-state index is 12.9. The molecule has 15 nitrogen and oxygen atoms in total. The molecule has 0 saturated carbocycles. The molecule has 0 spiro atoms. The Bertz CT molecular complexity index is 1200. The van der Waals surface area contributed by atoms with Gasteiger partial charge in [-0.05, 0) is 41.5 Å². The molecule has 0 aliphatic carbocycles. The van der Waals surface area contributed by atoms with Crippen molar-refractivity contribution in [3.8, 4) is 0 Å². The molecular formula is C19H28N6O9S2. The SMILES string of the molecule is CC(C)(C)OC(=O)/N=C(/N)N(Cc1nc2c(s1)C1CN(C2)C(=O)N1OS(=O)(=O)O)C(=O)OC(C)(C)C. The lowest BCUT2D eigenvalue weighted by Crippen LogP contribution is -2.44. The van der Waals surface area contributed by atoms with Crippen LogP contribution in [0.3, 0.4) is 0 Å². The second-order valence-corrected chi connectivity index (χ2v) is 12.1. The molecule has 2 bridgehead atoms. The minimum Gasteiger partial charge on any atom is -0.443 e. The van der Waals surface area contributed by atoms with Crippen LogP contribution in [0.4, 0.5) is 14.4 Å². The van der Waals surface area contributed by atoms with Gasteiger partial charge in [0.15, 0.2) is 0 Å². The molecule has 0 radical (unpaired) electrons. The molecule has 36 heavy (non-hydrogen) atoms. The summed E-state index contributed by atoms with van der Waals surface area (Å²) in [6, 6.07) is -1.59. The fourth-order valence-corrected chi connectivity index (χ4v) is 4.82. The van der Waals surface area contributed by atoms with Gasteiger partial charge in [-0.25, -0.2) is 24.3 Å². The predicted molar refractivity (Wildman–Crippen MR) is 125 cm³/mol. The number of rotatable bonds is 4. The number of urea groups is 1. The number of aromatic nitrogens is 1. The number of thiazole rings is 1. The second kappa shape index (κ2) is 9.45. The number of guanidine groups is 1. The number of carbonyl (C=O) groups is 3. The van der Waals surface area contributed by atoms with Crippen LogP contribution in [0, 0.1) is 0 Å². The van der Waals surface area contributed by atoms with Crippen molar-refractivity contribution in [3.63, 3.8) is 0 Å². The lowest BCUT2D eigenvalue weighted by molar-refractivity contribution is -0.0307. The molecule has 1 aromatic heterocycles. The number of carbonyl (C=O) groups excluding carboxylic acids is 3. The molecule has 4 amide bonds. The molecule has 3 heterocycles. The highest BCUT2D eigenvalue weighted by Crippen LogP contribution is 2.41. The minimum absolute atomic E-state index is 0.0560.